The van der Waals surface area contributed by atoms with E-state index in [0.717, 1.165) is 22.2 Å². The maximum atomic E-state index is 6.12. The molecule has 0 saturated heterocycles. The average Bonchev–Trinajstić information content (AvgIpc) is 2.39. The second-order valence-electron chi connectivity index (χ2n) is 4.42. The second kappa shape index (κ2) is 5.16. The lowest BCUT2D eigenvalue weighted by Gasteiger charge is -2.25. The first-order valence-electron chi connectivity index (χ1n) is 5.92. The van der Waals surface area contributed by atoms with Crippen LogP contribution < -0.4 is 0 Å². The molecule has 0 aromatic heterocycles. The van der Waals surface area contributed by atoms with E-state index in [2.05, 4.69) is 24.3 Å². The Morgan fingerprint density at radius 1 is 0.944 bits per heavy atom. The molecule has 0 amide bonds. The highest BCUT2D eigenvalue weighted by Gasteiger charge is 2.22. The summed E-state index contributed by atoms with van der Waals surface area (Å²) in [6.45, 7) is 0. The van der Waals surface area contributed by atoms with Crippen LogP contribution >= 0.6 is 35.0 Å². The molecule has 1 aliphatic heterocycles. The van der Waals surface area contributed by atoms with E-state index in [0.29, 0.717) is 5.92 Å². The summed E-state index contributed by atoms with van der Waals surface area (Å²) in [7, 11) is 0. The minimum absolute atomic E-state index is 0.442. The molecule has 0 bridgehead atoms. The molecule has 0 N–H and O–H groups in total. The smallest absolute Gasteiger partial charge is 0.0409 e. The topological polar surface area (TPSA) is 0 Å². The van der Waals surface area contributed by atoms with Crippen molar-refractivity contribution in [3.05, 3.63) is 63.6 Å². The SMILES string of the molecule is Clc1ccc(C2CCSc3ccc(Cl)cc32)cc1. The number of fused-ring (bicyclic) bond motifs is 1. The molecule has 0 fully saturated rings. The van der Waals surface area contributed by atoms with Crippen molar-refractivity contribution < 1.29 is 0 Å². The van der Waals surface area contributed by atoms with E-state index in [9.17, 15) is 0 Å². The van der Waals surface area contributed by atoms with Crippen molar-refractivity contribution in [2.45, 2.75) is 17.2 Å². The second-order valence-corrected chi connectivity index (χ2v) is 6.43. The van der Waals surface area contributed by atoms with Gasteiger partial charge in [0.2, 0.25) is 0 Å². The lowest BCUT2D eigenvalue weighted by Crippen LogP contribution is -2.08. The molecule has 0 saturated carbocycles. The Hall–Kier alpha value is -0.630. The van der Waals surface area contributed by atoms with Crippen LogP contribution in [0.25, 0.3) is 0 Å². The molecule has 0 nitrogen and oxygen atoms in total. The van der Waals surface area contributed by atoms with E-state index < -0.39 is 0 Å². The van der Waals surface area contributed by atoms with Crippen LogP contribution in [-0.2, 0) is 0 Å². The van der Waals surface area contributed by atoms with Crippen molar-refractivity contribution in [3.8, 4) is 0 Å². The van der Waals surface area contributed by atoms with E-state index >= 15 is 0 Å². The Balaban J connectivity index is 2.05. The Kier molecular flexibility index (Phi) is 3.56. The Morgan fingerprint density at radius 3 is 2.44 bits per heavy atom. The summed E-state index contributed by atoms with van der Waals surface area (Å²) >= 11 is 14.0. The van der Waals surface area contributed by atoms with Crippen LogP contribution in [0.5, 0.6) is 0 Å². The van der Waals surface area contributed by atoms with Crippen molar-refractivity contribution in [3.63, 3.8) is 0 Å². The summed E-state index contributed by atoms with van der Waals surface area (Å²) in [4.78, 5) is 1.35. The van der Waals surface area contributed by atoms with Gasteiger partial charge in [-0.05, 0) is 53.6 Å². The predicted molar refractivity (Wildman–Crippen MR) is 80.1 cm³/mol. The molecule has 1 heterocycles. The van der Waals surface area contributed by atoms with Gasteiger partial charge in [-0.3, -0.25) is 0 Å². The summed E-state index contributed by atoms with van der Waals surface area (Å²) in [6, 6.07) is 14.4. The molecule has 3 heteroatoms. The molecule has 1 unspecified atom stereocenters. The normalized spacial score (nSPS) is 18.4. The van der Waals surface area contributed by atoms with Gasteiger partial charge in [-0.2, -0.15) is 0 Å². The first-order valence-corrected chi connectivity index (χ1v) is 7.66. The van der Waals surface area contributed by atoms with Crippen LogP contribution in [0.15, 0.2) is 47.4 Å². The third kappa shape index (κ3) is 2.40. The molecule has 1 atom stereocenters. The van der Waals surface area contributed by atoms with E-state index in [-0.39, 0.29) is 0 Å². The quantitative estimate of drug-likeness (QED) is 0.658. The number of hydrogen-bond acceptors (Lipinski definition) is 1. The highest BCUT2D eigenvalue weighted by atomic mass is 35.5. The number of rotatable bonds is 1. The molecule has 3 rings (SSSR count). The maximum absolute atomic E-state index is 6.12. The fraction of sp³-hybridized carbons (Fsp3) is 0.200. The minimum Gasteiger partial charge on any atom is -0.126 e. The molecule has 92 valence electrons. The van der Waals surface area contributed by atoms with Gasteiger partial charge in [0.15, 0.2) is 0 Å². The fourth-order valence-electron chi connectivity index (χ4n) is 2.41. The van der Waals surface area contributed by atoms with Crippen LogP contribution in [-0.4, -0.2) is 5.75 Å². The monoisotopic (exact) mass is 294 g/mol. The summed E-state index contributed by atoms with van der Waals surface area (Å²) < 4.78 is 0. The van der Waals surface area contributed by atoms with Gasteiger partial charge < -0.3 is 0 Å². The molecule has 2 aromatic rings. The number of thioether (sulfide) groups is 1. The largest absolute Gasteiger partial charge is 0.126 e. The molecule has 2 aromatic carbocycles. The molecular formula is C15H12Cl2S. The molecular weight excluding hydrogens is 283 g/mol. The lowest BCUT2D eigenvalue weighted by molar-refractivity contribution is 0.755. The van der Waals surface area contributed by atoms with Crippen LogP contribution in [0, 0.1) is 0 Å². The fourth-order valence-corrected chi connectivity index (χ4v) is 3.82. The third-order valence-electron chi connectivity index (χ3n) is 3.28. The van der Waals surface area contributed by atoms with E-state index in [1.54, 1.807) is 0 Å². The summed E-state index contributed by atoms with van der Waals surface area (Å²) in [5.41, 5.74) is 2.67. The zero-order chi connectivity index (χ0) is 12.5. The number of hydrogen-bond donors (Lipinski definition) is 0. The van der Waals surface area contributed by atoms with Gasteiger partial charge in [-0.15, -0.1) is 11.8 Å². The van der Waals surface area contributed by atoms with Gasteiger partial charge in [-0.25, -0.2) is 0 Å². The molecule has 0 radical (unpaired) electrons. The Morgan fingerprint density at radius 2 is 1.67 bits per heavy atom. The summed E-state index contributed by atoms with van der Waals surface area (Å²) in [6.07, 6.45) is 1.15. The van der Waals surface area contributed by atoms with Crippen LogP contribution in [0.4, 0.5) is 0 Å². The van der Waals surface area contributed by atoms with E-state index in [4.69, 9.17) is 23.2 Å². The standard InChI is InChI=1S/C15H12Cl2S/c16-11-3-1-10(2-4-11)13-7-8-18-15-6-5-12(17)9-14(13)15/h1-6,9,13H,7-8H2. The molecule has 0 spiro atoms. The molecule has 0 aliphatic carbocycles. The third-order valence-corrected chi connectivity index (χ3v) is 4.89. The highest BCUT2D eigenvalue weighted by Crippen LogP contribution is 2.42. The van der Waals surface area contributed by atoms with Gasteiger partial charge in [0.1, 0.15) is 0 Å². The number of halogens is 2. The van der Waals surface area contributed by atoms with Gasteiger partial charge in [0.25, 0.3) is 0 Å². The Labute approximate surface area is 121 Å². The molecule has 1 aliphatic rings. The molecule has 18 heavy (non-hydrogen) atoms. The first kappa shape index (κ1) is 12.4. The first-order chi connectivity index (χ1) is 8.74. The van der Waals surface area contributed by atoms with Crippen molar-refractivity contribution in [1.29, 1.82) is 0 Å². The van der Waals surface area contributed by atoms with Gasteiger partial charge in [-0.1, -0.05) is 35.3 Å². The minimum atomic E-state index is 0.442. The average molecular weight is 295 g/mol. The Bertz CT molecular complexity index is 563. The summed E-state index contributed by atoms with van der Waals surface area (Å²) in [5.74, 6) is 1.60. The van der Waals surface area contributed by atoms with Gasteiger partial charge in [0, 0.05) is 20.9 Å². The maximum Gasteiger partial charge on any atom is 0.0409 e. The van der Waals surface area contributed by atoms with E-state index in [1.165, 1.54) is 16.0 Å². The van der Waals surface area contributed by atoms with Gasteiger partial charge >= 0.3 is 0 Å². The van der Waals surface area contributed by atoms with Crippen LogP contribution in [0.2, 0.25) is 10.0 Å². The van der Waals surface area contributed by atoms with Crippen molar-refractivity contribution in [2.24, 2.45) is 0 Å². The van der Waals surface area contributed by atoms with Gasteiger partial charge in [0.05, 0.1) is 0 Å². The van der Waals surface area contributed by atoms with Crippen LogP contribution in [0.1, 0.15) is 23.5 Å². The predicted octanol–water partition coefficient (Wildman–Crippen LogP) is 5.62. The van der Waals surface area contributed by atoms with Crippen molar-refractivity contribution in [1.82, 2.24) is 0 Å². The van der Waals surface area contributed by atoms with E-state index in [1.807, 2.05) is 30.0 Å². The lowest BCUT2D eigenvalue weighted by atomic mass is 9.89. The van der Waals surface area contributed by atoms with Crippen molar-refractivity contribution >= 4 is 35.0 Å². The van der Waals surface area contributed by atoms with Crippen molar-refractivity contribution in [2.75, 3.05) is 5.75 Å². The number of benzene rings is 2. The highest BCUT2D eigenvalue weighted by molar-refractivity contribution is 7.99. The zero-order valence-corrected chi connectivity index (χ0v) is 12.0. The zero-order valence-electron chi connectivity index (χ0n) is 9.70. The summed E-state index contributed by atoms with van der Waals surface area (Å²) in [5, 5.41) is 1.60. The van der Waals surface area contributed by atoms with Crippen LogP contribution in [0.3, 0.4) is 0 Å².